The Labute approximate surface area is 269 Å². The molecule has 2 aromatic carbocycles. The molecule has 232 valence electrons. The molecule has 0 saturated carbocycles. The van der Waals surface area contributed by atoms with E-state index in [0.717, 1.165) is 30.0 Å². The van der Waals surface area contributed by atoms with Crippen LogP contribution in [-0.4, -0.2) is 19.6 Å². The van der Waals surface area contributed by atoms with Gasteiger partial charge in [-0.1, -0.05) is 114 Å². The lowest BCUT2D eigenvalue weighted by atomic mass is 10.1. The predicted octanol–water partition coefficient (Wildman–Crippen LogP) is 6.12. The zero-order valence-corrected chi connectivity index (χ0v) is 28.4. The summed E-state index contributed by atoms with van der Waals surface area (Å²) in [5, 5.41) is 2.07. The normalized spacial score (nSPS) is 10.7. The van der Waals surface area contributed by atoms with Crippen LogP contribution in [0.5, 0.6) is 11.5 Å². The number of nitrogens with zero attached hydrogens (tertiary/aromatic N) is 2. The standard InChI is InChI=1S/C35H51N2O3S.BrH/c1-4-6-7-8-9-10-11-12-13-14-15-16-24-40-33-22-19-31(26-34(33)39-3)28-37(35(38)5-2)32-20-17-30(18-21-32)27-36-23-25-41-29-36;/h17-23,25-26,29H,4-16,24,27-28H2,1-3H3;1H/q+1;/p-1. The zero-order chi connectivity index (χ0) is 29.1. The van der Waals surface area contributed by atoms with E-state index in [4.69, 9.17) is 9.47 Å². The Morgan fingerprint density at radius 2 is 1.43 bits per heavy atom. The number of ether oxygens (including phenoxy) is 2. The van der Waals surface area contributed by atoms with Crippen molar-refractivity contribution in [1.29, 1.82) is 0 Å². The average molecular weight is 660 g/mol. The summed E-state index contributed by atoms with van der Waals surface area (Å²) in [6.45, 7) is 6.19. The molecule has 1 heterocycles. The van der Waals surface area contributed by atoms with Crippen LogP contribution < -0.4 is 35.9 Å². The van der Waals surface area contributed by atoms with Crippen molar-refractivity contribution in [2.24, 2.45) is 0 Å². The van der Waals surface area contributed by atoms with E-state index in [1.807, 2.05) is 42.2 Å². The smallest absolute Gasteiger partial charge is 0.227 e. The third kappa shape index (κ3) is 12.9. The van der Waals surface area contributed by atoms with Crippen molar-refractivity contribution < 1.29 is 35.8 Å². The van der Waals surface area contributed by atoms with Crippen molar-refractivity contribution >= 4 is 22.9 Å². The van der Waals surface area contributed by atoms with Gasteiger partial charge in [0.25, 0.3) is 0 Å². The van der Waals surface area contributed by atoms with Crippen molar-refractivity contribution in [3.63, 3.8) is 0 Å². The highest BCUT2D eigenvalue weighted by Crippen LogP contribution is 2.30. The molecule has 0 aliphatic heterocycles. The van der Waals surface area contributed by atoms with Gasteiger partial charge in [0.2, 0.25) is 11.4 Å². The van der Waals surface area contributed by atoms with Crippen LogP contribution >= 0.6 is 11.3 Å². The summed E-state index contributed by atoms with van der Waals surface area (Å²) in [5.41, 5.74) is 5.22. The molecule has 1 amide bonds. The van der Waals surface area contributed by atoms with Crippen LogP contribution in [0.15, 0.2) is 59.6 Å². The number of methoxy groups -OCH3 is 1. The average Bonchev–Trinajstić information content (AvgIpc) is 3.52. The summed E-state index contributed by atoms with van der Waals surface area (Å²) < 4.78 is 13.9. The van der Waals surface area contributed by atoms with Gasteiger partial charge in [0, 0.05) is 17.7 Å². The minimum Gasteiger partial charge on any atom is -1.00 e. The maximum Gasteiger partial charge on any atom is 0.227 e. The molecule has 0 spiro atoms. The van der Waals surface area contributed by atoms with Crippen LogP contribution in [0.3, 0.4) is 0 Å². The molecule has 5 nitrogen and oxygen atoms in total. The highest BCUT2D eigenvalue weighted by molar-refractivity contribution is 7.07. The van der Waals surface area contributed by atoms with Gasteiger partial charge in [-0.05, 0) is 36.2 Å². The summed E-state index contributed by atoms with van der Waals surface area (Å²) in [7, 11) is 1.68. The van der Waals surface area contributed by atoms with E-state index < -0.39 is 0 Å². The fraction of sp³-hybridized carbons (Fsp3) is 0.543. The van der Waals surface area contributed by atoms with Gasteiger partial charge in [-0.2, -0.15) is 4.57 Å². The van der Waals surface area contributed by atoms with Crippen LogP contribution in [0.2, 0.25) is 0 Å². The minimum absolute atomic E-state index is 0. The number of aromatic nitrogens is 1. The predicted molar refractivity (Wildman–Crippen MR) is 171 cm³/mol. The molecule has 0 saturated heterocycles. The van der Waals surface area contributed by atoms with Gasteiger partial charge in [-0.25, -0.2) is 0 Å². The Morgan fingerprint density at radius 1 is 0.810 bits per heavy atom. The Kier molecular flexibility index (Phi) is 18.2. The molecular formula is C35H51BrN2O3S. The first kappa shape index (κ1) is 35.8. The van der Waals surface area contributed by atoms with Crippen LogP contribution in [0.25, 0.3) is 0 Å². The number of rotatable bonds is 21. The number of hydrogen-bond donors (Lipinski definition) is 0. The van der Waals surface area contributed by atoms with E-state index in [9.17, 15) is 4.79 Å². The third-order valence-electron chi connectivity index (χ3n) is 7.57. The van der Waals surface area contributed by atoms with E-state index in [1.165, 1.54) is 76.2 Å². The fourth-order valence-electron chi connectivity index (χ4n) is 5.10. The second-order valence-electron chi connectivity index (χ2n) is 10.9. The van der Waals surface area contributed by atoms with Gasteiger partial charge in [0.05, 0.1) is 25.6 Å². The fourth-order valence-corrected chi connectivity index (χ4v) is 5.69. The van der Waals surface area contributed by atoms with E-state index in [-0.39, 0.29) is 22.9 Å². The molecule has 0 N–H and O–H groups in total. The van der Waals surface area contributed by atoms with Crippen molar-refractivity contribution in [2.75, 3.05) is 18.6 Å². The van der Waals surface area contributed by atoms with Gasteiger partial charge < -0.3 is 31.4 Å². The SMILES string of the molecule is CCCCCCCCCCCCCCOc1ccc(CN(C(=O)CC)c2ccc(C[n+]3ccsc3)cc2)cc1OC.[Br-]. The summed E-state index contributed by atoms with van der Waals surface area (Å²) in [5.74, 6) is 1.58. The molecule has 1 aromatic heterocycles. The summed E-state index contributed by atoms with van der Waals surface area (Å²) in [4.78, 5) is 14.7. The maximum absolute atomic E-state index is 12.9. The second kappa shape index (κ2) is 21.3. The molecule has 0 unspecified atom stereocenters. The lowest BCUT2D eigenvalue weighted by Gasteiger charge is -2.23. The van der Waals surface area contributed by atoms with Crippen molar-refractivity contribution in [1.82, 2.24) is 0 Å². The number of halogens is 1. The molecule has 7 heteroatoms. The zero-order valence-electron chi connectivity index (χ0n) is 26.0. The molecule has 0 atom stereocenters. The molecular weight excluding hydrogens is 608 g/mol. The highest BCUT2D eigenvalue weighted by atomic mass is 79.9. The number of benzene rings is 2. The summed E-state index contributed by atoms with van der Waals surface area (Å²) >= 11 is 1.68. The Bertz CT molecular complexity index is 1120. The molecule has 3 aromatic rings. The molecule has 0 aliphatic carbocycles. The van der Waals surface area contributed by atoms with Gasteiger partial charge in [-0.15, -0.1) is 0 Å². The maximum atomic E-state index is 12.9. The largest absolute Gasteiger partial charge is 1.00 e. The first-order valence-corrected chi connectivity index (χ1v) is 16.7. The number of thiazole rings is 1. The van der Waals surface area contributed by atoms with E-state index in [2.05, 4.69) is 40.7 Å². The van der Waals surface area contributed by atoms with E-state index in [1.54, 1.807) is 18.4 Å². The Morgan fingerprint density at radius 3 is 2.00 bits per heavy atom. The lowest BCUT2D eigenvalue weighted by Crippen LogP contribution is -3.00. The van der Waals surface area contributed by atoms with Crippen molar-refractivity contribution in [2.45, 2.75) is 110 Å². The number of anilines is 1. The molecule has 0 bridgehead atoms. The van der Waals surface area contributed by atoms with Gasteiger partial charge >= 0.3 is 0 Å². The minimum atomic E-state index is 0. The van der Waals surface area contributed by atoms with Crippen LogP contribution in [0.1, 0.15) is 108 Å². The first-order chi connectivity index (χ1) is 20.1. The Balaban J connectivity index is 0.00000616. The van der Waals surface area contributed by atoms with Crippen LogP contribution in [0.4, 0.5) is 5.69 Å². The molecule has 42 heavy (non-hydrogen) atoms. The molecule has 0 fully saturated rings. The summed E-state index contributed by atoms with van der Waals surface area (Å²) in [6.07, 6.45) is 18.5. The summed E-state index contributed by atoms with van der Waals surface area (Å²) in [6, 6.07) is 14.3. The number of hydrogen-bond acceptors (Lipinski definition) is 4. The van der Waals surface area contributed by atoms with Crippen LogP contribution in [0, 0.1) is 0 Å². The van der Waals surface area contributed by atoms with Gasteiger partial charge in [0.1, 0.15) is 0 Å². The number of carbonyl (C=O) groups excluding carboxylic acids is 1. The van der Waals surface area contributed by atoms with Gasteiger partial charge in [-0.3, -0.25) is 4.79 Å². The topological polar surface area (TPSA) is 42.7 Å². The molecule has 0 aliphatic rings. The number of unbranched alkanes of at least 4 members (excludes halogenated alkanes) is 11. The van der Waals surface area contributed by atoms with Crippen molar-refractivity contribution in [3.8, 4) is 11.5 Å². The highest BCUT2D eigenvalue weighted by Gasteiger charge is 2.17. The molecule has 0 radical (unpaired) electrons. The lowest BCUT2D eigenvalue weighted by molar-refractivity contribution is -0.683. The van der Waals surface area contributed by atoms with Crippen LogP contribution in [-0.2, 0) is 17.9 Å². The van der Waals surface area contributed by atoms with Crippen molar-refractivity contribution in [3.05, 3.63) is 70.7 Å². The second-order valence-corrected chi connectivity index (χ2v) is 11.7. The first-order valence-electron chi connectivity index (χ1n) is 15.7. The third-order valence-corrected chi connectivity index (χ3v) is 8.24. The van der Waals surface area contributed by atoms with E-state index >= 15 is 0 Å². The van der Waals surface area contributed by atoms with E-state index in [0.29, 0.717) is 25.3 Å². The number of carbonyl (C=O) groups is 1. The monoisotopic (exact) mass is 658 g/mol. The number of amides is 1. The molecule has 3 rings (SSSR count). The van der Waals surface area contributed by atoms with Gasteiger partial charge in [0.15, 0.2) is 24.2 Å². The quantitative estimate of drug-likeness (QED) is 0.102. The Hall–Kier alpha value is -2.38.